The molecular formula is C14H16N4O2. The number of aromatic nitrogens is 3. The molecule has 6 heteroatoms. The summed E-state index contributed by atoms with van der Waals surface area (Å²) in [5.41, 5.74) is 1.70. The van der Waals surface area contributed by atoms with Crippen molar-refractivity contribution in [1.29, 1.82) is 0 Å². The van der Waals surface area contributed by atoms with E-state index in [4.69, 9.17) is 0 Å². The molecule has 0 bridgehead atoms. The molecule has 1 N–H and O–H groups in total. The van der Waals surface area contributed by atoms with E-state index in [1.165, 1.54) is 6.33 Å². The fourth-order valence-corrected chi connectivity index (χ4v) is 2.57. The highest BCUT2D eigenvalue weighted by molar-refractivity contribution is 5.96. The van der Waals surface area contributed by atoms with Gasteiger partial charge in [0.1, 0.15) is 18.4 Å². The molecule has 0 atom stereocenters. The Balaban J connectivity index is 1.76. The highest BCUT2D eigenvalue weighted by Gasteiger charge is 2.24. The van der Waals surface area contributed by atoms with Gasteiger partial charge in [0, 0.05) is 13.0 Å². The Morgan fingerprint density at radius 1 is 1.40 bits per heavy atom. The molecule has 3 rings (SSSR count). The Morgan fingerprint density at radius 2 is 2.30 bits per heavy atom. The van der Waals surface area contributed by atoms with Gasteiger partial charge in [0.05, 0.1) is 12.2 Å². The standard InChI is InChI=1S/C14H16N4O2/c19-12-5-1-3-11-4-2-7-18(14(11)12)13(20)6-8-17-10-15-9-16-17/h1,3,5,9-10,19H,2,4,6-8H2. The number of hydrogen-bond donors (Lipinski definition) is 1. The van der Waals surface area contributed by atoms with Gasteiger partial charge in [0.15, 0.2) is 0 Å². The number of carbonyl (C=O) groups excluding carboxylic acids is 1. The maximum absolute atomic E-state index is 12.4. The molecule has 0 spiro atoms. The van der Waals surface area contributed by atoms with Crippen molar-refractivity contribution in [3.05, 3.63) is 36.4 Å². The van der Waals surface area contributed by atoms with E-state index >= 15 is 0 Å². The van der Waals surface area contributed by atoms with E-state index in [1.807, 2.05) is 12.1 Å². The van der Waals surface area contributed by atoms with Crippen LogP contribution in [0.5, 0.6) is 5.75 Å². The number of hydrogen-bond acceptors (Lipinski definition) is 4. The molecule has 0 unspecified atom stereocenters. The van der Waals surface area contributed by atoms with Gasteiger partial charge in [-0.2, -0.15) is 5.10 Å². The zero-order valence-corrected chi connectivity index (χ0v) is 11.1. The number of para-hydroxylation sites is 1. The number of nitrogens with zero attached hydrogens (tertiary/aromatic N) is 4. The predicted octanol–water partition coefficient (Wildman–Crippen LogP) is 1.35. The number of phenols is 1. The lowest BCUT2D eigenvalue weighted by molar-refractivity contribution is -0.119. The highest BCUT2D eigenvalue weighted by atomic mass is 16.3. The summed E-state index contributed by atoms with van der Waals surface area (Å²) in [6.07, 6.45) is 5.21. The first-order chi connectivity index (χ1) is 9.75. The number of rotatable bonds is 3. The largest absolute Gasteiger partial charge is 0.506 e. The number of carbonyl (C=O) groups is 1. The highest BCUT2D eigenvalue weighted by Crippen LogP contribution is 2.35. The Labute approximate surface area is 116 Å². The molecule has 6 nitrogen and oxygen atoms in total. The fourth-order valence-electron chi connectivity index (χ4n) is 2.57. The summed E-state index contributed by atoms with van der Waals surface area (Å²) < 4.78 is 1.63. The van der Waals surface area contributed by atoms with Crippen LogP contribution in [0.25, 0.3) is 0 Å². The molecule has 0 radical (unpaired) electrons. The monoisotopic (exact) mass is 272 g/mol. The number of aromatic hydroxyl groups is 1. The number of benzene rings is 1. The molecule has 0 saturated carbocycles. The van der Waals surface area contributed by atoms with Crippen molar-refractivity contribution >= 4 is 11.6 Å². The van der Waals surface area contributed by atoms with Crippen molar-refractivity contribution in [3.8, 4) is 5.75 Å². The SMILES string of the molecule is O=C(CCn1cncn1)N1CCCc2cccc(O)c21. The summed E-state index contributed by atoms with van der Waals surface area (Å²) in [5.74, 6) is 0.180. The second-order valence-electron chi connectivity index (χ2n) is 4.84. The van der Waals surface area contributed by atoms with Gasteiger partial charge in [-0.1, -0.05) is 12.1 Å². The van der Waals surface area contributed by atoms with E-state index in [0.717, 1.165) is 18.4 Å². The first kappa shape index (κ1) is 12.7. The van der Waals surface area contributed by atoms with Gasteiger partial charge in [0.25, 0.3) is 0 Å². The molecule has 2 aromatic rings. The first-order valence-corrected chi connectivity index (χ1v) is 6.69. The molecule has 1 amide bonds. The van der Waals surface area contributed by atoms with Crippen molar-refractivity contribution < 1.29 is 9.90 Å². The van der Waals surface area contributed by atoms with Gasteiger partial charge in [0.2, 0.25) is 5.91 Å². The van der Waals surface area contributed by atoms with Crippen LogP contribution in [0, 0.1) is 0 Å². The van der Waals surface area contributed by atoms with Gasteiger partial charge >= 0.3 is 0 Å². The summed E-state index contributed by atoms with van der Waals surface area (Å²) in [6.45, 7) is 1.15. The average Bonchev–Trinajstić information content (AvgIpc) is 2.98. The molecule has 104 valence electrons. The number of fused-ring (bicyclic) bond motifs is 1. The summed E-state index contributed by atoms with van der Waals surface area (Å²) in [5, 5.41) is 14.0. The van der Waals surface area contributed by atoms with Crippen molar-refractivity contribution in [2.75, 3.05) is 11.4 Å². The Morgan fingerprint density at radius 3 is 3.10 bits per heavy atom. The zero-order chi connectivity index (χ0) is 13.9. The third-order valence-corrected chi connectivity index (χ3v) is 3.52. The van der Waals surface area contributed by atoms with Crippen LogP contribution in [0.2, 0.25) is 0 Å². The molecule has 0 aliphatic carbocycles. The average molecular weight is 272 g/mol. The zero-order valence-electron chi connectivity index (χ0n) is 11.1. The lowest BCUT2D eigenvalue weighted by atomic mass is 10.0. The topological polar surface area (TPSA) is 71.2 Å². The Hall–Kier alpha value is -2.37. The molecular weight excluding hydrogens is 256 g/mol. The molecule has 0 fully saturated rings. The third-order valence-electron chi connectivity index (χ3n) is 3.52. The molecule has 1 aliphatic rings. The minimum atomic E-state index is 0.00273. The van der Waals surface area contributed by atoms with Gasteiger partial charge in [-0.25, -0.2) is 4.98 Å². The van der Waals surface area contributed by atoms with E-state index in [2.05, 4.69) is 10.1 Å². The molecule has 2 heterocycles. The van der Waals surface area contributed by atoms with Crippen LogP contribution in [0.4, 0.5) is 5.69 Å². The van der Waals surface area contributed by atoms with E-state index in [9.17, 15) is 9.90 Å². The number of aryl methyl sites for hydroxylation is 2. The van der Waals surface area contributed by atoms with Crippen LogP contribution in [0.15, 0.2) is 30.9 Å². The van der Waals surface area contributed by atoms with Gasteiger partial charge in [-0.05, 0) is 24.5 Å². The van der Waals surface area contributed by atoms with E-state index in [1.54, 1.807) is 22.0 Å². The van der Waals surface area contributed by atoms with Crippen LogP contribution in [-0.2, 0) is 17.8 Å². The van der Waals surface area contributed by atoms with Crippen LogP contribution < -0.4 is 4.90 Å². The molecule has 0 saturated heterocycles. The lowest BCUT2D eigenvalue weighted by Gasteiger charge is -2.30. The van der Waals surface area contributed by atoms with Gasteiger partial charge < -0.3 is 10.0 Å². The number of anilines is 1. The lowest BCUT2D eigenvalue weighted by Crippen LogP contribution is -2.36. The van der Waals surface area contributed by atoms with Crippen molar-refractivity contribution in [2.24, 2.45) is 0 Å². The first-order valence-electron chi connectivity index (χ1n) is 6.69. The Bertz CT molecular complexity index is 610. The van der Waals surface area contributed by atoms with Crippen molar-refractivity contribution in [2.45, 2.75) is 25.8 Å². The van der Waals surface area contributed by atoms with Crippen molar-refractivity contribution in [1.82, 2.24) is 14.8 Å². The van der Waals surface area contributed by atoms with Crippen LogP contribution in [0.3, 0.4) is 0 Å². The second-order valence-corrected chi connectivity index (χ2v) is 4.84. The maximum Gasteiger partial charge on any atom is 0.228 e. The summed E-state index contributed by atoms with van der Waals surface area (Å²) >= 11 is 0. The predicted molar refractivity (Wildman–Crippen MR) is 73.4 cm³/mol. The smallest absolute Gasteiger partial charge is 0.228 e. The van der Waals surface area contributed by atoms with Gasteiger partial charge in [-0.3, -0.25) is 9.48 Å². The Kier molecular flexibility index (Phi) is 3.37. The number of amides is 1. The molecule has 1 aromatic carbocycles. The van der Waals surface area contributed by atoms with Crippen LogP contribution >= 0.6 is 0 Å². The fraction of sp³-hybridized carbons (Fsp3) is 0.357. The third kappa shape index (κ3) is 2.36. The van der Waals surface area contributed by atoms with Crippen molar-refractivity contribution in [3.63, 3.8) is 0 Å². The number of phenolic OH excluding ortho intramolecular Hbond substituents is 1. The minimum Gasteiger partial charge on any atom is -0.506 e. The molecule has 1 aliphatic heterocycles. The summed E-state index contributed by atoms with van der Waals surface area (Å²) in [7, 11) is 0. The van der Waals surface area contributed by atoms with E-state index in [0.29, 0.717) is 25.2 Å². The van der Waals surface area contributed by atoms with E-state index in [-0.39, 0.29) is 11.7 Å². The molecule has 1 aromatic heterocycles. The summed E-state index contributed by atoms with van der Waals surface area (Å²) in [6, 6.07) is 5.41. The quantitative estimate of drug-likeness (QED) is 0.915. The maximum atomic E-state index is 12.4. The van der Waals surface area contributed by atoms with E-state index < -0.39 is 0 Å². The van der Waals surface area contributed by atoms with Crippen LogP contribution in [-0.4, -0.2) is 32.3 Å². The normalized spacial score (nSPS) is 14.1. The van der Waals surface area contributed by atoms with Gasteiger partial charge in [-0.15, -0.1) is 0 Å². The molecule has 20 heavy (non-hydrogen) atoms. The summed E-state index contributed by atoms with van der Waals surface area (Å²) in [4.78, 5) is 17.9. The second kappa shape index (κ2) is 5.32. The minimum absolute atomic E-state index is 0.00273. The van der Waals surface area contributed by atoms with Crippen LogP contribution in [0.1, 0.15) is 18.4 Å².